The van der Waals surface area contributed by atoms with Gasteiger partial charge in [0.25, 0.3) is 0 Å². The highest BCUT2D eigenvalue weighted by Crippen LogP contribution is 2.34. The van der Waals surface area contributed by atoms with Crippen LogP contribution in [0.2, 0.25) is 0 Å². The van der Waals surface area contributed by atoms with Gasteiger partial charge in [-0.15, -0.1) is 0 Å². The molecule has 1 aliphatic rings. The Labute approximate surface area is 123 Å². The van der Waals surface area contributed by atoms with Crippen LogP contribution in [0.1, 0.15) is 38.8 Å². The summed E-state index contributed by atoms with van der Waals surface area (Å²) in [6.07, 6.45) is 0.0643. The smallest absolute Gasteiger partial charge is 0.410 e. The zero-order chi connectivity index (χ0) is 15.0. The fourth-order valence-electron chi connectivity index (χ4n) is 2.32. The van der Waals surface area contributed by atoms with Crippen LogP contribution in [0.5, 0.6) is 0 Å². The molecule has 1 fully saturated rings. The zero-order valence-electron chi connectivity index (χ0n) is 12.1. The predicted octanol–water partition coefficient (Wildman–Crippen LogP) is 2.12. The summed E-state index contributed by atoms with van der Waals surface area (Å²) in [7, 11) is 0. The maximum Gasteiger partial charge on any atom is 0.410 e. The SMILES string of the molecule is CC(C)(C)OC(=O)N1CCC(O)(C(N)c2ccsc2)C1. The molecule has 2 atom stereocenters. The van der Waals surface area contributed by atoms with Crippen LogP contribution in [0.25, 0.3) is 0 Å². The van der Waals surface area contributed by atoms with Crippen molar-refractivity contribution >= 4 is 17.4 Å². The van der Waals surface area contributed by atoms with Crippen LogP contribution in [-0.4, -0.2) is 40.4 Å². The summed E-state index contributed by atoms with van der Waals surface area (Å²) < 4.78 is 5.32. The first kappa shape index (κ1) is 15.3. The number of aliphatic hydroxyl groups is 1. The molecular weight excluding hydrogens is 276 g/mol. The molecule has 3 N–H and O–H groups in total. The summed E-state index contributed by atoms with van der Waals surface area (Å²) in [6, 6.07) is 1.42. The lowest BCUT2D eigenvalue weighted by molar-refractivity contribution is 0.00514. The Balaban J connectivity index is 2.02. The average Bonchev–Trinajstić information content (AvgIpc) is 2.95. The van der Waals surface area contributed by atoms with Crippen molar-refractivity contribution in [2.75, 3.05) is 13.1 Å². The number of nitrogens with two attached hydrogens (primary N) is 1. The van der Waals surface area contributed by atoms with E-state index in [1.807, 2.05) is 37.6 Å². The van der Waals surface area contributed by atoms with Crippen molar-refractivity contribution in [1.29, 1.82) is 0 Å². The van der Waals surface area contributed by atoms with Crippen molar-refractivity contribution in [2.24, 2.45) is 5.73 Å². The molecule has 20 heavy (non-hydrogen) atoms. The lowest BCUT2D eigenvalue weighted by atomic mass is 9.90. The van der Waals surface area contributed by atoms with Crippen LogP contribution in [0.15, 0.2) is 16.8 Å². The predicted molar refractivity (Wildman–Crippen MR) is 78.6 cm³/mol. The molecule has 0 saturated carbocycles. The van der Waals surface area contributed by atoms with Crippen molar-refractivity contribution in [1.82, 2.24) is 4.90 Å². The highest BCUT2D eigenvalue weighted by Gasteiger charge is 2.44. The largest absolute Gasteiger partial charge is 0.444 e. The first-order valence-electron chi connectivity index (χ1n) is 6.69. The van der Waals surface area contributed by atoms with Gasteiger partial charge in [-0.3, -0.25) is 0 Å². The first-order chi connectivity index (χ1) is 9.21. The van der Waals surface area contributed by atoms with E-state index in [9.17, 15) is 9.90 Å². The summed E-state index contributed by atoms with van der Waals surface area (Å²) in [5, 5.41) is 14.5. The monoisotopic (exact) mass is 298 g/mol. The van der Waals surface area contributed by atoms with E-state index in [1.54, 1.807) is 11.3 Å². The molecule has 1 amide bonds. The Morgan fingerprint density at radius 3 is 2.85 bits per heavy atom. The Bertz CT molecular complexity index is 469. The number of carbonyl (C=O) groups is 1. The van der Waals surface area contributed by atoms with Gasteiger partial charge in [0.15, 0.2) is 0 Å². The summed E-state index contributed by atoms with van der Waals surface area (Å²) in [5.41, 5.74) is 5.43. The number of likely N-dealkylation sites (tertiary alicyclic amines) is 1. The Morgan fingerprint density at radius 1 is 1.60 bits per heavy atom. The maximum absolute atomic E-state index is 12.0. The second kappa shape index (κ2) is 5.35. The molecule has 1 saturated heterocycles. The Hall–Kier alpha value is -1.11. The molecule has 1 aromatic rings. The highest BCUT2D eigenvalue weighted by atomic mass is 32.1. The molecule has 6 heteroatoms. The number of ether oxygens (including phenoxy) is 1. The van der Waals surface area contributed by atoms with Crippen molar-refractivity contribution in [3.05, 3.63) is 22.4 Å². The van der Waals surface area contributed by atoms with Gasteiger partial charge in [-0.05, 0) is 49.6 Å². The number of rotatable bonds is 2. The molecule has 5 nitrogen and oxygen atoms in total. The van der Waals surface area contributed by atoms with E-state index in [0.29, 0.717) is 13.0 Å². The third-order valence-electron chi connectivity index (χ3n) is 3.41. The lowest BCUT2D eigenvalue weighted by Crippen LogP contribution is -2.45. The van der Waals surface area contributed by atoms with Gasteiger partial charge < -0.3 is 20.5 Å². The third-order valence-corrected chi connectivity index (χ3v) is 4.11. The molecule has 1 aliphatic heterocycles. The van der Waals surface area contributed by atoms with Crippen LogP contribution in [0.4, 0.5) is 4.79 Å². The molecule has 0 aromatic carbocycles. The molecule has 2 heterocycles. The quantitative estimate of drug-likeness (QED) is 0.877. The molecule has 0 aliphatic carbocycles. The number of β-amino-alcohol motifs (C(OH)–C–C–N with tert-alkyl or cyclic N) is 1. The minimum atomic E-state index is -1.09. The van der Waals surface area contributed by atoms with Crippen molar-refractivity contribution in [3.8, 4) is 0 Å². The number of hydrogen-bond donors (Lipinski definition) is 2. The molecule has 0 radical (unpaired) electrons. The van der Waals surface area contributed by atoms with E-state index in [1.165, 1.54) is 4.90 Å². The number of amides is 1. The van der Waals surface area contributed by atoms with E-state index >= 15 is 0 Å². The van der Waals surface area contributed by atoms with Gasteiger partial charge in [-0.25, -0.2) is 4.79 Å². The van der Waals surface area contributed by atoms with Crippen LogP contribution < -0.4 is 5.73 Å². The van der Waals surface area contributed by atoms with Crippen molar-refractivity contribution < 1.29 is 14.6 Å². The second-order valence-corrected chi connectivity index (χ2v) is 7.07. The Morgan fingerprint density at radius 2 is 2.30 bits per heavy atom. The summed E-state index contributed by atoms with van der Waals surface area (Å²) in [5.74, 6) is 0. The summed E-state index contributed by atoms with van der Waals surface area (Å²) in [4.78, 5) is 13.5. The van der Waals surface area contributed by atoms with Gasteiger partial charge in [0.2, 0.25) is 0 Å². The van der Waals surface area contributed by atoms with Gasteiger partial charge in [0.05, 0.1) is 12.6 Å². The van der Waals surface area contributed by atoms with E-state index in [0.717, 1.165) is 5.56 Å². The van der Waals surface area contributed by atoms with Crippen LogP contribution in [0.3, 0.4) is 0 Å². The van der Waals surface area contributed by atoms with E-state index in [-0.39, 0.29) is 6.54 Å². The Kier molecular flexibility index (Phi) is 4.09. The number of thiophene rings is 1. The molecule has 0 bridgehead atoms. The molecular formula is C14H22N2O3S. The van der Waals surface area contributed by atoms with Crippen LogP contribution in [-0.2, 0) is 4.74 Å². The molecule has 112 valence electrons. The summed E-state index contributed by atoms with van der Waals surface area (Å²) >= 11 is 1.54. The number of carbonyl (C=O) groups excluding carboxylic acids is 1. The molecule has 2 unspecified atom stereocenters. The van der Waals surface area contributed by atoms with Gasteiger partial charge in [0, 0.05) is 6.54 Å². The van der Waals surface area contributed by atoms with Crippen LogP contribution in [0, 0.1) is 0 Å². The van der Waals surface area contributed by atoms with Crippen molar-refractivity contribution in [2.45, 2.75) is 44.4 Å². The third kappa shape index (κ3) is 3.31. The fourth-order valence-corrected chi connectivity index (χ4v) is 3.01. The summed E-state index contributed by atoms with van der Waals surface area (Å²) in [6.45, 7) is 6.14. The standard InChI is InChI=1S/C14H22N2O3S/c1-13(2,3)19-12(17)16-6-5-14(18,9-16)11(15)10-4-7-20-8-10/h4,7-8,11,18H,5-6,9,15H2,1-3H3. The minimum Gasteiger partial charge on any atom is -0.444 e. The topological polar surface area (TPSA) is 75.8 Å². The van der Waals surface area contributed by atoms with Gasteiger partial charge in [0.1, 0.15) is 11.2 Å². The maximum atomic E-state index is 12.0. The molecule has 2 rings (SSSR count). The normalized spacial score (nSPS) is 24.8. The second-order valence-electron chi connectivity index (χ2n) is 6.29. The van der Waals surface area contributed by atoms with E-state index < -0.39 is 23.3 Å². The molecule has 1 aromatic heterocycles. The van der Waals surface area contributed by atoms with Gasteiger partial charge in [-0.1, -0.05) is 0 Å². The zero-order valence-corrected chi connectivity index (χ0v) is 12.9. The van der Waals surface area contributed by atoms with Gasteiger partial charge >= 0.3 is 6.09 Å². The number of hydrogen-bond acceptors (Lipinski definition) is 5. The van der Waals surface area contributed by atoms with E-state index in [2.05, 4.69) is 0 Å². The number of nitrogens with zero attached hydrogens (tertiary/aromatic N) is 1. The van der Waals surface area contributed by atoms with Crippen LogP contribution >= 0.6 is 11.3 Å². The lowest BCUT2D eigenvalue weighted by Gasteiger charge is -2.30. The van der Waals surface area contributed by atoms with E-state index in [4.69, 9.17) is 10.5 Å². The van der Waals surface area contributed by atoms with Gasteiger partial charge in [-0.2, -0.15) is 11.3 Å². The molecule has 0 spiro atoms. The minimum absolute atomic E-state index is 0.207. The fraction of sp³-hybridized carbons (Fsp3) is 0.643. The van der Waals surface area contributed by atoms with Crippen molar-refractivity contribution in [3.63, 3.8) is 0 Å². The first-order valence-corrected chi connectivity index (χ1v) is 7.63. The highest BCUT2D eigenvalue weighted by molar-refractivity contribution is 7.07. The average molecular weight is 298 g/mol.